The van der Waals surface area contributed by atoms with Crippen LogP contribution in [-0.4, -0.2) is 34.6 Å². The highest BCUT2D eigenvalue weighted by Gasteiger charge is 2.15. The predicted octanol–water partition coefficient (Wildman–Crippen LogP) is 5.14. The molecule has 2 heterocycles. The number of benzene rings is 2. The second kappa shape index (κ2) is 8.34. The molecular formula is C25H27N5O2. The smallest absolute Gasteiger partial charge is 0.256 e. The van der Waals surface area contributed by atoms with Gasteiger partial charge in [0, 0.05) is 37.5 Å². The number of aromatic nitrogens is 3. The van der Waals surface area contributed by atoms with Gasteiger partial charge < -0.3 is 15.0 Å². The second-order valence-electron chi connectivity index (χ2n) is 8.88. The van der Waals surface area contributed by atoms with Crippen molar-refractivity contribution in [3.63, 3.8) is 0 Å². The summed E-state index contributed by atoms with van der Waals surface area (Å²) in [6, 6.07) is 18.9. The first-order valence-electron chi connectivity index (χ1n) is 10.4. The van der Waals surface area contributed by atoms with Crippen molar-refractivity contribution in [2.45, 2.75) is 26.2 Å². The lowest BCUT2D eigenvalue weighted by Crippen LogP contribution is -2.14. The molecule has 4 aromatic rings. The third-order valence-corrected chi connectivity index (χ3v) is 5.11. The van der Waals surface area contributed by atoms with Crippen molar-refractivity contribution in [1.82, 2.24) is 14.6 Å². The van der Waals surface area contributed by atoms with Crippen LogP contribution in [0.15, 0.2) is 66.9 Å². The van der Waals surface area contributed by atoms with Crippen molar-refractivity contribution in [3.8, 4) is 11.6 Å². The minimum Gasteiger partial charge on any atom is -0.438 e. The van der Waals surface area contributed by atoms with Crippen LogP contribution in [0, 0.1) is 0 Å². The van der Waals surface area contributed by atoms with Crippen LogP contribution >= 0.6 is 0 Å². The van der Waals surface area contributed by atoms with Gasteiger partial charge in [-0.3, -0.25) is 4.79 Å². The maximum absolute atomic E-state index is 12.6. The summed E-state index contributed by atoms with van der Waals surface area (Å²) in [5.74, 6) is 1.33. The molecule has 1 amide bonds. The summed E-state index contributed by atoms with van der Waals surface area (Å²) in [7, 11) is 3.95. The van der Waals surface area contributed by atoms with E-state index in [1.807, 2.05) is 67.5 Å². The van der Waals surface area contributed by atoms with Gasteiger partial charge in [-0.05, 0) is 41.3 Å². The fourth-order valence-corrected chi connectivity index (χ4v) is 3.24. The molecule has 164 valence electrons. The minimum absolute atomic E-state index is 0.0375. The Kier molecular flexibility index (Phi) is 5.57. The van der Waals surface area contributed by atoms with E-state index >= 15 is 0 Å². The Morgan fingerprint density at radius 1 is 1.03 bits per heavy atom. The van der Waals surface area contributed by atoms with Crippen molar-refractivity contribution in [2.24, 2.45) is 0 Å². The average molecular weight is 430 g/mol. The molecular weight excluding hydrogens is 402 g/mol. The molecule has 0 radical (unpaired) electrons. The lowest BCUT2D eigenvalue weighted by molar-refractivity contribution is 0.102. The van der Waals surface area contributed by atoms with Gasteiger partial charge in [-0.25, -0.2) is 9.50 Å². The molecule has 7 heteroatoms. The van der Waals surface area contributed by atoms with Gasteiger partial charge in [-0.2, -0.15) is 0 Å². The molecule has 0 aliphatic heterocycles. The van der Waals surface area contributed by atoms with Gasteiger partial charge >= 0.3 is 0 Å². The molecule has 0 saturated carbocycles. The van der Waals surface area contributed by atoms with Gasteiger partial charge in [0.2, 0.25) is 5.88 Å². The number of imidazole rings is 1. The van der Waals surface area contributed by atoms with Gasteiger partial charge in [0.25, 0.3) is 5.91 Å². The van der Waals surface area contributed by atoms with E-state index in [-0.39, 0.29) is 11.3 Å². The van der Waals surface area contributed by atoms with Gasteiger partial charge in [0.1, 0.15) is 5.75 Å². The Labute approximate surface area is 187 Å². The van der Waals surface area contributed by atoms with E-state index in [1.165, 1.54) is 5.56 Å². The number of hydrogen-bond donors (Lipinski definition) is 1. The Balaban J connectivity index is 1.49. The van der Waals surface area contributed by atoms with E-state index < -0.39 is 0 Å². The van der Waals surface area contributed by atoms with Crippen LogP contribution in [0.3, 0.4) is 0 Å². The average Bonchev–Trinajstić information content (AvgIpc) is 3.15. The predicted molar refractivity (Wildman–Crippen MR) is 127 cm³/mol. The fourth-order valence-electron chi connectivity index (χ4n) is 3.24. The molecule has 0 aliphatic carbocycles. The molecule has 0 atom stereocenters. The van der Waals surface area contributed by atoms with Crippen molar-refractivity contribution in [2.75, 3.05) is 24.3 Å². The number of carbonyl (C=O) groups is 1. The standard InChI is InChI=1S/C25H27N5O2/c1-25(2,3)18-11-9-17(10-12-18)24(31)27-21-16-30-22(26-21)13-14-23(28-30)32-20-8-6-7-19(15-20)29(4)5/h6-16H,1-5H3,(H,27,31). The quantitative estimate of drug-likeness (QED) is 0.476. The Morgan fingerprint density at radius 3 is 2.47 bits per heavy atom. The fraction of sp³-hybridized carbons (Fsp3) is 0.240. The number of anilines is 2. The molecule has 0 bridgehead atoms. The third-order valence-electron chi connectivity index (χ3n) is 5.11. The van der Waals surface area contributed by atoms with Gasteiger partial charge in [0.15, 0.2) is 11.5 Å². The van der Waals surface area contributed by atoms with Gasteiger partial charge in [-0.15, -0.1) is 5.10 Å². The van der Waals surface area contributed by atoms with E-state index in [0.717, 1.165) is 5.69 Å². The molecule has 32 heavy (non-hydrogen) atoms. The second-order valence-corrected chi connectivity index (χ2v) is 8.88. The topological polar surface area (TPSA) is 71.8 Å². The molecule has 0 spiro atoms. The lowest BCUT2D eigenvalue weighted by Gasteiger charge is -2.18. The third kappa shape index (κ3) is 4.72. The normalized spacial score (nSPS) is 11.4. The van der Waals surface area contributed by atoms with Gasteiger partial charge in [-0.1, -0.05) is 39.0 Å². The molecule has 2 aromatic carbocycles. The molecule has 7 nitrogen and oxygen atoms in total. The highest BCUT2D eigenvalue weighted by molar-refractivity contribution is 6.03. The number of carbonyl (C=O) groups excluding carboxylic acids is 1. The molecule has 0 saturated heterocycles. The van der Waals surface area contributed by atoms with Crippen LogP contribution in [0.4, 0.5) is 11.5 Å². The summed E-state index contributed by atoms with van der Waals surface area (Å²) in [6.45, 7) is 6.42. The molecule has 4 rings (SSSR count). The zero-order chi connectivity index (χ0) is 22.9. The first-order chi connectivity index (χ1) is 15.2. The Bertz CT molecular complexity index is 1250. The minimum atomic E-state index is -0.217. The number of nitrogens with zero attached hydrogens (tertiary/aromatic N) is 4. The monoisotopic (exact) mass is 429 g/mol. The van der Waals surface area contributed by atoms with Crippen molar-refractivity contribution in [1.29, 1.82) is 0 Å². The maximum Gasteiger partial charge on any atom is 0.256 e. The number of ether oxygens (including phenoxy) is 1. The van der Waals surface area contributed by atoms with Crippen molar-refractivity contribution in [3.05, 3.63) is 78.0 Å². The van der Waals surface area contributed by atoms with Crippen molar-refractivity contribution >= 4 is 23.1 Å². The molecule has 0 aliphatic rings. The maximum atomic E-state index is 12.6. The zero-order valence-electron chi connectivity index (χ0n) is 19.0. The number of amides is 1. The SMILES string of the molecule is CN(C)c1cccc(Oc2ccc3nc(NC(=O)c4ccc(C(C)(C)C)cc4)cn3n2)c1. The van der Waals surface area contributed by atoms with Crippen LogP contribution in [0.5, 0.6) is 11.6 Å². The first-order valence-corrected chi connectivity index (χ1v) is 10.4. The van der Waals surface area contributed by atoms with Crippen LogP contribution in [-0.2, 0) is 5.41 Å². The molecule has 0 fully saturated rings. The van der Waals surface area contributed by atoms with E-state index in [0.29, 0.717) is 28.7 Å². The first kappa shape index (κ1) is 21.4. The van der Waals surface area contributed by atoms with Crippen molar-refractivity contribution < 1.29 is 9.53 Å². The van der Waals surface area contributed by atoms with Gasteiger partial charge in [0.05, 0.1) is 6.20 Å². The summed E-state index contributed by atoms with van der Waals surface area (Å²) < 4.78 is 7.49. The molecule has 1 N–H and O–H groups in total. The molecule has 0 unspecified atom stereocenters. The van der Waals surface area contributed by atoms with Crippen LogP contribution in [0.2, 0.25) is 0 Å². The number of rotatable bonds is 5. The van der Waals surface area contributed by atoms with E-state index in [4.69, 9.17) is 4.74 Å². The number of fused-ring (bicyclic) bond motifs is 1. The lowest BCUT2D eigenvalue weighted by atomic mass is 9.87. The van der Waals surface area contributed by atoms with Crippen LogP contribution in [0.1, 0.15) is 36.7 Å². The summed E-state index contributed by atoms with van der Waals surface area (Å²) in [4.78, 5) is 19.1. The summed E-state index contributed by atoms with van der Waals surface area (Å²) in [5.41, 5.74) is 3.43. The van der Waals surface area contributed by atoms with Crippen LogP contribution in [0.25, 0.3) is 5.65 Å². The Hall–Kier alpha value is -3.87. The summed E-state index contributed by atoms with van der Waals surface area (Å²) >= 11 is 0. The highest BCUT2D eigenvalue weighted by atomic mass is 16.5. The van der Waals surface area contributed by atoms with E-state index in [9.17, 15) is 4.79 Å². The summed E-state index contributed by atoms with van der Waals surface area (Å²) in [6.07, 6.45) is 1.67. The number of hydrogen-bond acceptors (Lipinski definition) is 5. The number of nitrogens with one attached hydrogen (secondary N) is 1. The van der Waals surface area contributed by atoms with E-state index in [1.54, 1.807) is 22.8 Å². The molecule has 2 aromatic heterocycles. The van der Waals surface area contributed by atoms with E-state index in [2.05, 4.69) is 36.2 Å². The highest BCUT2D eigenvalue weighted by Crippen LogP contribution is 2.25. The van der Waals surface area contributed by atoms with Crippen LogP contribution < -0.4 is 15.0 Å². The summed E-state index contributed by atoms with van der Waals surface area (Å²) in [5, 5.41) is 7.29. The zero-order valence-corrected chi connectivity index (χ0v) is 19.0. The Morgan fingerprint density at radius 2 is 1.78 bits per heavy atom. The largest absolute Gasteiger partial charge is 0.438 e.